The molecule has 0 fully saturated rings. The van der Waals surface area contributed by atoms with E-state index in [0.717, 1.165) is 5.69 Å². The smallest absolute Gasteiger partial charge is 0.0852 e. The van der Waals surface area contributed by atoms with E-state index < -0.39 is 0 Å². The van der Waals surface area contributed by atoms with Crippen LogP contribution in [0.3, 0.4) is 0 Å². The van der Waals surface area contributed by atoms with E-state index in [1.54, 1.807) is 0 Å². The summed E-state index contributed by atoms with van der Waals surface area (Å²) >= 11 is 0. The summed E-state index contributed by atoms with van der Waals surface area (Å²) in [6.45, 7) is 0.422. The summed E-state index contributed by atoms with van der Waals surface area (Å²) in [6, 6.07) is 9.44. The summed E-state index contributed by atoms with van der Waals surface area (Å²) in [5.41, 5.74) is 0.820. The van der Waals surface area contributed by atoms with Crippen LogP contribution >= 0.6 is 0 Å². The van der Waals surface area contributed by atoms with Crippen molar-refractivity contribution in [2.45, 2.75) is 0 Å². The minimum absolute atomic E-state index is 0.0519. The first-order valence-corrected chi connectivity index (χ1v) is 3.47. The Kier molecular flexibility index (Phi) is 3.28. The second-order valence-corrected chi connectivity index (χ2v) is 2.02. The molecule has 1 aromatic carbocycles. The van der Waals surface area contributed by atoms with Gasteiger partial charge < -0.3 is 5.11 Å². The van der Waals surface area contributed by atoms with Crippen molar-refractivity contribution in [1.82, 2.24) is 0 Å². The van der Waals surface area contributed by atoms with Crippen molar-refractivity contribution in [3.05, 3.63) is 30.3 Å². The van der Waals surface area contributed by atoms with E-state index in [-0.39, 0.29) is 6.61 Å². The fourth-order valence-corrected chi connectivity index (χ4v) is 0.671. The minimum Gasteiger partial charge on any atom is -0.394 e. The molecule has 3 heteroatoms. The van der Waals surface area contributed by atoms with Gasteiger partial charge in [-0.2, -0.15) is 10.2 Å². The Bertz CT molecular complexity index is 221. The highest BCUT2D eigenvalue weighted by Crippen LogP contribution is 2.09. The maximum Gasteiger partial charge on any atom is 0.0852 e. The number of hydrogen-bond donors (Lipinski definition) is 1. The van der Waals surface area contributed by atoms with Crippen LogP contribution < -0.4 is 0 Å². The second-order valence-electron chi connectivity index (χ2n) is 2.02. The lowest BCUT2D eigenvalue weighted by molar-refractivity contribution is 0.305. The lowest BCUT2D eigenvalue weighted by atomic mass is 10.3. The Morgan fingerprint density at radius 1 is 1.18 bits per heavy atom. The standard InChI is InChI=1S/C8H10N2O/c11-7-6-9-10-8-4-2-1-3-5-8/h1-5,11H,6-7H2. The number of nitrogens with zero attached hydrogens (tertiary/aromatic N) is 2. The van der Waals surface area contributed by atoms with E-state index in [4.69, 9.17) is 5.11 Å². The minimum atomic E-state index is 0.0519. The molecule has 0 radical (unpaired) electrons. The molecule has 1 aromatic rings. The van der Waals surface area contributed by atoms with Crippen LogP contribution in [-0.4, -0.2) is 18.3 Å². The van der Waals surface area contributed by atoms with E-state index in [9.17, 15) is 0 Å². The predicted molar refractivity (Wildman–Crippen MR) is 42.9 cm³/mol. The van der Waals surface area contributed by atoms with Gasteiger partial charge >= 0.3 is 0 Å². The first kappa shape index (κ1) is 7.88. The highest BCUT2D eigenvalue weighted by molar-refractivity contribution is 5.34. The van der Waals surface area contributed by atoms with Crippen LogP contribution in [0.4, 0.5) is 5.69 Å². The molecule has 0 heterocycles. The summed E-state index contributed by atoms with van der Waals surface area (Å²) in [4.78, 5) is 0. The zero-order valence-corrected chi connectivity index (χ0v) is 6.14. The average Bonchev–Trinajstić information content (AvgIpc) is 2.07. The van der Waals surface area contributed by atoms with Gasteiger partial charge in [-0.3, -0.25) is 0 Å². The van der Waals surface area contributed by atoms with Crippen LogP contribution in [0.25, 0.3) is 0 Å². The monoisotopic (exact) mass is 150 g/mol. The molecule has 0 saturated carbocycles. The third kappa shape index (κ3) is 2.91. The summed E-state index contributed by atoms with van der Waals surface area (Å²) in [5, 5.41) is 16.0. The van der Waals surface area contributed by atoms with Gasteiger partial charge in [0.15, 0.2) is 0 Å². The Hall–Kier alpha value is -1.22. The molecule has 1 N–H and O–H groups in total. The number of aliphatic hydroxyl groups excluding tert-OH is 1. The first-order valence-electron chi connectivity index (χ1n) is 3.47. The third-order valence-corrected chi connectivity index (χ3v) is 1.14. The summed E-state index contributed by atoms with van der Waals surface area (Å²) in [6.07, 6.45) is 0. The van der Waals surface area contributed by atoms with E-state index in [2.05, 4.69) is 10.2 Å². The molecule has 0 atom stereocenters. The zero-order chi connectivity index (χ0) is 7.94. The molecule has 0 aliphatic heterocycles. The first-order chi connectivity index (χ1) is 5.43. The van der Waals surface area contributed by atoms with E-state index in [0.29, 0.717) is 6.54 Å². The molecule has 0 aliphatic rings. The largest absolute Gasteiger partial charge is 0.394 e. The van der Waals surface area contributed by atoms with Gasteiger partial charge in [0.2, 0.25) is 0 Å². The number of benzene rings is 1. The molecule has 0 unspecified atom stereocenters. The molecule has 11 heavy (non-hydrogen) atoms. The van der Waals surface area contributed by atoms with Gasteiger partial charge in [0.05, 0.1) is 18.8 Å². The van der Waals surface area contributed by atoms with Gasteiger partial charge in [-0.15, -0.1) is 0 Å². The highest BCUT2D eigenvalue weighted by atomic mass is 16.3. The van der Waals surface area contributed by atoms with Crippen molar-refractivity contribution in [3.63, 3.8) is 0 Å². The molecule has 0 amide bonds. The topological polar surface area (TPSA) is 45.0 Å². The second kappa shape index (κ2) is 4.57. The molecule has 58 valence electrons. The lowest BCUT2D eigenvalue weighted by Gasteiger charge is -1.88. The van der Waals surface area contributed by atoms with Crippen molar-refractivity contribution in [3.8, 4) is 0 Å². The van der Waals surface area contributed by atoms with Crippen LogP contribution in [0.5, 0.6) is 0 Å². The summed E-state index contributed by atoms with van der Waals surface area (Å²) < 4.78 is 0. The van der Waals surface area contributed by atoms with E-state index >= 15 is 0 Å². The van der Waals surface area contributed by atoms with E-state index in [1.165, 1.54) is 0 Å². The fraction of sp³-hybridized carbons (Fsp3) is 0.250. The Labute approximate surface area is 65.4 Å². The SMILES string of the molecule is OCCN=Nc1ccccc1. The van der Waals surface area contributed by atoms with Gasteiger partial charge in [-0.05, 0) is 12.1 Å². The zero-order valence-electron chi connectivity index (χ0n) is 6.14. The predicted octanol–water partition coefficient (Wildman–Crippen LogP) is 1.76. The lowest BCUT2D eigenvalue weighted by Crippen LogP contribution is -1.83. The Balaban J connectivity index is 2.50. The van der Waals surface area contributed by atoms with Crippen LogP contribution in [-0.2, 0) is 0 Å². The van der Waals surface area contributed by atoms with Gasteiger partial charge in [0.1, 0.15) is 0 Å². The van der Waals surface area contributed by atoms with Gasteiger partial charge in [-0.25, -0.2) is 0 Å². The van der Waals surface area contributed by atoms with Crippen molar-refractivity contribution < 1.29 is 5.11 Å². The molecule has 0 saturated heterocycles. The van der Waals surface area contributed by atoms with Crippen molar-refractivity contribution >= 4 is 5.69 Å². The quantitative estimate of drug-likeness (QED) is 0.655. The van der Waals surface area contributed by atoms with Gasteiger partial charge in [0, 0.05) is 0 Å². The van der Waals surface area contributed by atoms with Gasteiger partial charge in [0.25, 0.3) is 0 Å². The molecular weight excluding hydrogens is 140 g/mol. The van der Waals surface area contributed by atoms with Crippen molar-refractivity contribution in [2.24, 2.45) is 10.2 Å². The third-order valence-electron chi connectivity index (χ3n) is 1.14. The average molecular weight is 150 g/mol. The fourth-order valence-electron chi connectivity index (χ4n) is 0.671. The molecular formula is C8H10N2O. The maximum absolute atomic E-state index is 8.39. The van der Waals surface area contributed by atoms with E-state index in [1.807, 2.05) is 30.3 Å². The Morgan fingerprint density at radius 3 is 2.55 bits per heavy atom. The maximum atomic E-state index is 8.39. The summed E-state index contributed by atoms with van der Waals surface area (Å²) in [7, 11) is 0. The number of rotatable bonds is 3. The molecule has 0 spiro atoms. The van der Waals surface area contributed by atoms with Crippen molar-refractivity contribution in [2.75, 3.05) is 13.2 Å². The van der Waals surface area contributed by atoms with Crippen LogP contribution in [0.1, 0.15) is 0 Å². The number of aliphatic hydroxyl groups is 1. The van der Waals surface area contributed by atoms with Crippen molar-refractivity contribution in [1.29, 1.82) is 0 Å². The molecule has 1 rings (SSSR count). The molecule has 3 nitrogen and oxygen atoms in total. The Morgan fingerprint density at radius 2 is 1.91 bits per heavy atom. The molecule has 0 aromatic heterocycles. The number of azo groups is 1. The molecule has 0 bridgehead atoms. The highest BCUT2D eigenvalue weighted by Gasteiger charge is 1.82. The van der Waals surface area contributed by atoms with Gasteiger partial charge in [-0.1, -0.05) is 18.2 Å². The van der Waals surface area contributed by atoms with Crippen LogP contribution in [0.15, 0.2) is 40.6 Å². The summed E-state index contributed by atoms with van der Waals surface area (Å²) in [5.74, 6) is 0. The van der Waals surface area contributed by atoms with Crippen LogP contribution in [0, 0.1) is 0 Å². The molecule has 0 aliphatic carbocycles. The normalized spacial score (nSPS) is 10.6. The number of hydrogen-bond acceptors (Lipinski definition) is 3. The van der Waals surface area contributed by atoms with Crippen LogP contribution in [0.2, 0.25) is 0 Å².